The molecule has 1 rings (SSSR count). The quantitative estimate of drug-likeness (QED) is 0.339. The van der Waals surface area contributed by atoms with Crippen molar-refractivity contribution in [1.29, 1.82) is 0 Å². The van der Waals surface area contributed by atoms with Crippen molar-refractivity contribution in [1.82, 2.24) is 5.32 Å². The molecule has 1 aliphatic rings. The predicted molar refractivity (Wildman–Crippen MR) is 94.2 cm³/mol. The summed E-state index contributed by atoms with van der Waals surface area (Å²) in [6.45, 7) is 5.51. The van der Waals surface area contributed by atoms with Gasteiger partial charge in [0.2, 0.25) is 0 Å². The van der Waals surface area contributed by atoms with Crippen LogP contribution in [0.25, 0.3) is 0 Å². The highest BCUT2D eigenvalue weighted by Gasteiger charge is 2.49. The summed E-state index contributed by atoms with van der Waals surface area (Å²) in [4.78, 5) is 34.9. The van der Waals surface area contributed by atoms with Gasteiger partial charge in [0.05, 0.1) is 24.4 Å². The van der Waals surface area contributed by atoms with Crippen molar-refractivity contribution in [3.05, 3.63) is 0 Å². The Morgan fingerprint density at radius 3 is 2.46 bits per heavy atom. The van der Waals surface area contributed by atoms with Crippen LogP contribution in [0.5, 0.6) is 0 Å². The average molecular weight is 380 g/mol. The van der Waals surface area contributed by atoms with Gasteiger partial charge in [0.15, 0.2) is 5.12 Å². The lowest BCUT2D eigenvalue weighted by Crippen LogP contribution is -2.46. The number of ether oxygens (including phenoxy) is 1. The summed E-state index contributed by atoms with van der Waals surface area (Å²) in [6.07, 6.45) is -0.236. The lowest BCUT2D eigenvalue weighted by molar-refractivity contribution is -0.141. The summed E-state index contributed by atoms with van der Waals surface area (Å²) in [7, 11) is 0. The maximum Gasteiger partial charge on any atom is 0.321 e. The van der Waals surface area contributed by atoms with E-state index in [2.05, 4.69) is 17.9 Å². The molecule has 0 spiro atoms. The summed E-state index contributed by atoms with van der Waals surface area (Å²) in [5, 5.41) is 21.3. The van der Waals surface area contributed by atoms with Gasteiger partial charge in [-0.3, -0.25) is 19.7 Å². The van der Waals surface area contributed by atoms with Gasteiger partial charge in [0.25, 0.3) is 0 Å². The minimum absolute atomic E-state index is 0.0430. The molecule has 0 amide bonds. The molecule has 9 heteroatoms. The van der Waals surface area contributed by atoms with Crippen LogP contribution >= 0.6 is 24.4 Å². The highest BCUT2D eigenvalue weighted by atomic mass is 32.2. The normalized spacial score (nSPS) is 29.0. The molecule has 7 nitrogen and oxygen atoms in total. The Labute approximate surface area is 151 Å². The maximum absolute atomic E-state index is 11.7. The summed E-state index contributed by atoms with van der Waals surface area (Å²) < 4.78 is 5.00. The van der Waals surface area contributed by atoms with E-state index in [0.717, 1.165) is 6.42 Å². The lowest BCUT2D eigenvalue weighted by atomic mass is 9.87. The monoisotopic (exact) mass is 379 g/mol. The predicted octanol–water partition coefficient (Wildman–Crippen LogP) is 0.556. The third-order valence-corrected chi connectivity index (χ3v) is 5.89. The van der Waals surface area contributed by atoms with Crippen molar-refractivity contribution in [2.75, 3.05) is 12.4 Å². The molecule has 0 aromatic carbocycles. The second kappa shape index (κ2) is 9.65. The van der Waals surface area contributed by atoms with E-state index in [0.29, 0.717) is 6.61 Å². The number of carbonyl (C=O) groups excluding carboxylic acids is 2. The highest BCUT2D eigenvalue weighted by Crippen LogP contribution is 2.36. The number of rotatable bonds is 9. The minimum atomic E-state index is -1.06. The fraction of sp³-hybridized carbons (Fsp3) is 0.800. The number of aliphatic hydroxyl groups excluding tert-OH is 1. The average Bonchev–Trinajstić information content (AvgIpc) is 2.79. The van der Waals surface area contributed by atoms with Crippen molar-refractivity contribution in [2.24, 2.45) is 11.8 Å². The van der Waals surface area contributed by atoms with Gasteiger partial charge in [0.1, 0.15) is 6.04 Å². The van der Waals surface area contributed by atoms with Gasteiger partial charge in [-0.25, -0.2) is 0 Å². The molecule has 1 saturated heterocycles. The zero-order chi connectivity index (χ0) is 18.4. The zero-order valence-corrected chi connectivity index (χ0v) is 15.7. The smallest absolute Gasteiger partial charge is 0.321 e. The first-order valence-electron chi connectivity index (χ1n) is 7.87. The lowest BCUT2D eigenvalue weighted by Gasteiger charge is -2.27. The molecular formula is C15H25NO6S2. The van der Waals surface area contributed by atoms with Crippen LogP contribution in [0.2, 0.25) is 0 Å². The largest absolute Gasteiger partial charge is 0.480 e. The van der Waals surface area contributed by atoms with E-state index < -0.39 is 40.4 Å². The fourth-order valence-electron chi connectivity index (χ4n) is 2.93. The van der Waals surface area contributed by atoms with Crippen LogP contribution in [-0.2, 0) is 19.1 Å². The Morgan fingerprint density at radius 2 is 2.00 bits per heavy atom. The molecule has 3 N–H and O–H groups in total. The third-order valence-electron chi connectivity index (χ3n) is 4.10. The molecule has 0 saturated carbocycles. The van der Waals surface area contributed by atoms with Gasteiger partial charge in [0, 0.05) is 11.3 Å². The van der Waals surface area contributed by atoms with Crippen LogP contribution < -0.4 is 5.32 Å². The maximum atomic E-state index is 11.7. The summed E-state index contributed by atoms with van der Waals surface area (Å²) in [5.41, 5.74) is 0. The topological polar surface area (TPSA) is 113 Å². The van der Waals surface area contributed by atoms with Crippen LogP contribution in [0.3, 0.4) is 0 Å². The number of carboxylic acids is 1. The highest BCUT2D eigenvalue weighted by molar-refractivity contribution is 8.00. The molecule has 0 radical (unpaired) electrons. The second-order valence-corrected chi connectivity index (χ2v) is 7.58. The van der Waals surface area contributed by atoms with Gasteiger partial charge in [-0.05, 0) is 19.3 Å². The van der Waals surface area contributed by atoms with Gasteiger partial charge in [-0.15, -0.1) is 24.4 Å². The number of aliphatic hydroxyl groups is 1. The Morgan fingerprint density at radius 1 is 1.38 bits per heavy atom. The Balaban J connectivity index is 2.84. The summed E-state index contributed by atoms with van der Waals surface area (Å²) in [6, 6.07) is -1.44. The first-order chi connectivity index (χ1) is 11.2. The molecule has 1 aliphatic heterocycles. The number of aliphatic carboxylic acids is 1. The Bertz CT molecular complexity index is 473. The van der Waals surface area contributed by atoms with E-state index in [1.807, 2.05) is 13.8 Å². The molecule has 1 heterocycles. The molecule has 0 aromatic rings. The van der Waals surface area contributed by atoms with Crippen LogP contribution in [0.15, 0.2) is 0 Å². The van der Waals surface area contributed by atoms with E-state index in [4.69, 9.17) is 4.74 Å². The van der Waals surface area contributed by atoms with E-state index in [-0.39, 0.29) is 17.6 Å². The number of thiol groups is 1. The number of hydrogen-bond acceptors (Lipinski definition) is 7. The number of hydrogen-bond donors (Lipinski definition) is 4. The summed E-state index contributed by atoms with van der Waals surface area (Å²) in [5.74, 6) is -2.46. The van der Waals surface area contributed by atoms with Gasteiger partial charge in [-0.2, -0.15) is 0 Å². The van der Waals surface area contributed by atoms with Crippen molar-refractivity contribution in [3.63, 3.8) is 0 Å². The Kier molecular flexibility index (Phi) is 8.55. The molecule has 0 aliphatic carbocycles. The van der Waals surface area contributed by atoms with Crippen molar-refractivity contribution >= 4 is 41.4 Å². The number of thioether (sulfide) groups is 1. The molecule has 0 aromatic heterocycles. The fourth-order valence-corrected chi connectivity index (χ4v) is 4.58. The van der Waals surface area contributed by atoms with E-state index in [9.17, 15) is 24.6 Å². The van der Waals surface area contributed by atoms with E-state index in [1.165, 1.54) is 18.7 Å². The number of nitrogens with one attached hydrogen (secondary N) is 1. The summed E-state index contributed by atoms with van der Waals surface area (Å²) >= 11 is 5.01. The van der Waals surface area contributed by atoms with E-state index >= 15 is 0 Å². The zero-order valence-electron chi connectivity index (χ0n) is 14.0. The van der Waals surface area contributed by atoms with E-state index in [1.54, 1.807) is 0 Å². The molecular weight excluding hydrogens is 354 g/mol. The Hall–Kier alpha value is -0.770. The van der Waals surface area contributed by atoms with Crippen LogP contribution in [0, 0.1) is 11.8 Å². The molecule has 1 fully saturated rings. The second-order valence-electron chi connectivity index (χ2n) is 5.97. The molecule has 0 unspecified atom stereocenters. The number of esters is 1. The number of carbonyl (C=O) groups is 3. The van der Waals surface area contributed by atoms with Crippen molar-refractivity contribution < 1.29 is 29.3 Å². The van der Waals surface area contributed by atoms with Gasteiger partial charge >= 0.3 is 11.9 Å². The first-order valence-corrected chi connectivity index (χ1v) is 9.37. The SMILES string of the molecule is CCCOC(=O)CS[C@@H]1[C@H](C)[C@H]([C@H](C(=O)S)[C@@H](C)O)N[C@@H]1C(=O)O. The molecule has 0 bridgehead atoms. The standard InChI is InChI=1S/C15H25NO6S2/c1-4-5-22-9(18)6-24-13-7(2)11(16-12(13)14(19)20)10(8(3)17)15(21)23/h7-8,10-13,16-17H,4-6H2,1-3H3,(H,19,20)(H,21,23)/t7-,8-,10-,11-,12+,13-/m1/s1. The van der Waals surface area contributed by atoms with Crippen LogP contribution in [0.4, 0.5) is 0 Å². The van der Waals surface area contributed by atoms with Crippen molar-refractivity contribution in [3.8, 4) is 0 Å². The molecule has 24 heavy (non-hydrogen) atoms. The van der Waals surface area contributed by atoms with Gasteiger partial charge < -0.3 is 14.9 Å². The molecule has 138 valence electrons. The first kappa shape index (κ1) is 21.3. The minimum Gasteiger partial charge on any atom is -0.480 e. The van der Waals surface area contributed by atoms with Crippen LogP contribution in [-0.4, -0.2) is 63.1 Å². The molecule has 6 atom stereocenters. The van der Waals surface area contributed by atoms with Gasteiger partial charge in [-0.1, -0.05) is 13.8 Å². The van der Waals surface area contributed by atoms with Crippen molar-refractivity contribution in [2.45, 2.75) is 50.6 Å². The third kappa shape index (κ3) is 5.37. The van der Waals surface area contributed by atoms with Crippen LogP contribution in [0.1, 0.15) is 27.2 Å². The number of carboxylic acid groups (broad SMARTS) is 1.